The molecule has 222 valence electrons. The van der Waals surface area contributed by atoms with E-state index in [0.29, 0.717) is 57.7 Å². The number of aromatic nitrogens is 1. The molecule has 4 fully saturated rings. The molecule has 0 saturated carbocycles. The van der Waals surface area contributed by atoms with Gasteiger partial charge in [0.2, 0.25) is 10.0 Å². The molecule has 1 aromatic heterocycles. The number of likely N-dealkylation sites (tertiary alicyclic amines) is 1. The molecule has 4 aliphatic heterocycles. The first-order valence-corrected chi connectivity index (χ1v) is 16.3. The lowest BCUT2D eigenvalue weighted by atomic mass is 9.99. The molecular weight excluding hydrogens is 548 g/mol. The van der Waals surface area contributed by atoms with Crippen LogP contribution in [-0.4, -0.2) is 85.0 Å². The lowest BCUT2D eigenvalue weighted by Crippen LogP contribution is -2.53. The summed E-state index contributed by atoms with van der Waals surface area (Å²) in [5, 5.41) is 7.02. The number of piperidine rings is 2. The summed E-state index contributed by atoms with van der Waals surface area (Å²) in [5.41, 5.74) is 1.19. The summed E-state index contributed by atoms with van der Waals surface area (Å²) < 4.78 is 45.1. The maximum Gasteiger partial charge on any atom is 0.410 e. The van der Waals surface area contributed by atoms with Crippen LogP contribution in [0.2, 0.25) is 0 Å². The van der Waals surface area contributed by atoms with Crippen molar-refractivity contribution in [2.45, 2.75) is 75.6 Å². The van der Waals surface area contributed by atoms with Crippen molar-refractivity contribution in [3.8, 4) is 0 Å². The van der Waals surface area contributed by atoms with Gasteiger partial charge in [0, 0.05) is 49.8 Å². The zero-order valence-corrected chi connectivity index (χ0v) is 24.0. The van der Waals surface area contributed by atoms with Gasteiger partial charge >= 0.3 is 6.09 Å². The van der Waals surface area contributed by atoms with Crippen molar-refractivity contribution in [1.82, 2.24) is 19.7 Å². The second-order valence-corrected chi connectivity index (χ2v) is 13.7. The Morgan fingerprint density at radius 1 is 1.02 bits per heavy atom. The molecule has 6 rings (SSSR count). The molecule has 2 aromatic rings. The molecule has 0 aliphatic carbocycles. The molecule has 12 heteroatoms. The summed E-state index contributed by atoms with van der Waals surface area (Å²) in [7, 11) is -3.47. The Morgan fingerprint density at radius 3 is 2.44 bits per heavy atom. The molecule has 5 heterocycles. The van der Waals surface area contributed by atoms with E-state index >= 15 is 0 Å². The lowest BCUT2D eigenvalue weighted by Gasteiger charge is -2.39. The van der Waals surface area contributed by atoms with Crippen LogP contribution in [0, 0.1) is 5.92 Å². The van der Waals surface area contributed by atoms with Crippen LogP contribution in [0.1, 0.15) is 72.7 Å². The van der Waals surface area contributed by atoms with E-state index in [4.69, 9.17) is 14.0 Å². The Kier molecular flexibility index (Phi) is 8.32. The SMILES string of the molecule is O=C(NC1C[C@H]2CC[C@@H](C1)N2S(=O)(=O)CC1CCN(C(=O)OCc2ccccc2)CC1)c1cc(C2CCOC2)on1. The highest BCUT2D eigenvalue weighted by Gasteiger charge is 2.47. The fraction of sp³-hybridized carbons (Fsp3) is 0.621. The van der Waals surface area contributed by atoms with Crippen LogP contribution in [0.15, 0.2) is 40.9 Å². The van der Waals surface area contributed by atoms with Crippen LogP contribution in [0.3, 0.4) is 0 Å². The Balaban J connectivity index is 0.975. The van der Waals surface area contributed by atoms with Gasteiger partial charge in [-0.2, -0.15) is 4.31 Å². The molecule has 2 unspecified atom stereocenters. The minimum atomic E-state index is -3.47. The van der Waals surface area contributed by atoms with Crippen LogP contribution in [0.4, 0.5) is 4.79 Å². The van der Waals surface area contributed by atoms with Crippen LogP contribution < -0.4 is 5.32 Å². The van der Waals surface area contributed by atoms with Gasteiger partial charge in [-0.15, -0.1) is 0 Å². The largest absolute Gasteiger partial charge is 0.445 e. The quantitative estimate of drug-likeness (QED) is 0.499. The summed E-state index contributed by atoms with van der Waals surface area (Å²) in [6.07, 6.45) is 4.56. The molecule has 2 bridgehead atoms. The van der Waals surface area contributed by atoms with E-state index in [-0.39, 0.29) is 60.0 Å². The predicted molar refractivity (Wildman–Crippen MR) is 149 cm³/mol. The Labute approximate surface area is 240 Å². The van der Waals surface area contributed by atoms with Gasteiger partial charge in [-0.25, -0.2) is 13.2 Å². The number of nitrogens with zero attached hydrogens (tertiary/aromatic N) is 3. The molecule has 11 nitrogen and oxygen atoms in total. The van der Waals surface area contributed by atoms with Gasteiger partial charge in [-0.05, 0) is 56.4 Å². The van der Waals surface area contributed by atoms with Crippen LogP contribution in [0.25, 0.3) is 0 Å². The minimum Gasteiger partial charge on any atom is -0.445 e. The van der Waals surface area contributed by atoms with E-state index in [1.165, 1.54) is 0 Å². The van der Waals surface area contributed by atoms with Gasteiger partial charge in [-0.1, -0.05) is 35.5 Å². The Hall–Kier alpha value is -2.96. The number of ether oxygens (including phenoxy) is 2. The number of benzene rings is 1. The lowest BCUT2D eigenvalue weighted by molar-refractivity contribution is 0.0838. The zero-order valence-electron chi connectivity index (χ0n) is 23.2. The monoisotopic (exact) mass is 586 g/mol. The van der Waals surface area contributed by atoms with Crippen LogP contribution >= 0.6 is 0 Å². The number of hydrogen-bond acceptors (Lipinski definition) is 8. The van der Waals surface area contributed by atoms with Crippen molar-refractivity contribution in [2.75, 3.05) is 32.1 Å². The molecule has 4 atom stereocenters. The Morgan fingerprint density at radius 2 is 1.76 bits per heavy atom. The molecule has 4 saturated heterocycles. The third-order valence-electron chi connectivity index (χ3n) is 8.94. The van der Waals surface area contributed by atoms with Gasteiger partial charge in [0.1, 0.15) is 12.4 Å². The maximum atomic E-state index is 13.6. The highest BCUT2D eigenvalue weighted by Crippen LogP contribution is 2.39. The van der Waals surface area contributed by atoms with Crippen molar-refractivity contribution in [3.63, 3.8) is 0 Å². The fourth-order valence-corrected chi connectivity index (χ4v) is 9.18. The predicted octanol–water partition coefficient (Wildman–Crippen LogP) is 3.28. The Bertz CT molecular complexity index is 1310. The van der Waals surface area contributed by atoms with E-state index in [9.17, 15) is 18.0 Å². The van der Waals surface area contributed by atoms with Gasteiger partial charge in [0.05, 0.1) is 12.4 Å². The molecule has 2 amide bonds. The second kappa shape index (κ2) is 12.1. The zero-order chi connectivity index (χ0) is 28.4. The fourth-order valence-electron chi connectivity index (χ4n) is 6.79. The van der Waals surface area contributed by atoms with E-state index in [2.05, 4.69) is 10.5 Å². The van der Waals surface area contributed by atoms with Gasteiger partial charge in [-0.3, -0.25) is 4.79 Å². The molecule has 4 aliphatic rings. The number of carbonyl (C=O) groups excluding carboxylic acids is 2. The number of sulfonamides is 1. The van der Waals surface area contributed by atoms with E-state index in [1.807, 2.05) is 30.3 Å². The topological polar surface area (TPSA) is 131 Å². The summed E-state index contributed by atoms with van der Waals surface area (Å²) >= 11 is 0. The molecule has 0 spiro atoms. The van der Waals surface area contributed by atoms with E-state index in [1.54, 1.807) is 15.3 Å². The summed E-state index contributed by atoms with van der Waals surface area (Å²) in [4.78, 5) is 27.0. The van der Waals surface area contributed by atoms with Gasteiger partial charge in [0.15, 0.2) is 5.69 Å². The second-order valence-electron chi connectivity index (χ2n) is 11.8. The third kappa shape index (κ3) is 6.44. The van der Waals surface area contributed by atoms with Crippen molar-refractivity contribution in [1.29, 1.82) is 0 Å². The number of fused-ring (bicyclic) bond motifs is 2. The molecule has 1 aromatic carbocycles. The van der Waals surface area contributed by atoms with Crippen molar-refractivity contribution >= 4 is 22.0 Å². The van der Waals surface area contributed by atoms with E-state index in [0.717, 1.165) is 24.8 Å². The summed E-state index contributed by atoms with van der Waals surface area (Å²) in [6, 6.07) is 10.9. The number of rotatable bonds is 8. The average molecular weight is 587 g/mol. The summed E-state index contributed by atoms with van der Waals surface area (Å²) in [5.74, 6) is 0.615. The molecule has 1 N–H and O–H groups in total. The first kappa shape index (κ1) is 28.2. The number of hydrogen-bond donors (Lipinski definition) is 1. The van der Waals surface area contributed by atoms with Gasteiger partial charge < -0.3 is 24.2 Å². The van der Waals surface area contributed by atoms with Crippen LogP contribution in [0.5, 0.6) is 0 Å². The highest BCUT2D eigenvalue weighted by atomic mass is 32.2. The van der Waals surface area contributed by atoms with Crippen LogP contribution in [-0.2, 0) is 26.1 Å². The molecule has 41 heavy (non-hydrogen) atoms. The third-order valence-corrected chi connectivity index (χ3v) is 11.1. The van der Waals surface area contributed by atoms with Gasteiger partial charge in [0.25, 0.3) is 5.91 Å². The molecular formula is C29H38N4O7S. The minimum absolute atomic E-state index is 0.00151. The number of nitrogens with one attached hydrogen (secondary N) is 1. The highest BCUT2D eigenvalue weighted by molar-refractivity contribution is 7.89. The standard InChI is InChI=1S/C29H38N4O7S/c34-28(26-16-27(40-31-26)22-10-13-38-18-22)30-23-14-24-6-7-25(15-23)33(24)41(36,37)19-21-8-11-32(12-9-21)29(35)39-17-20-4-2-1-3-5-20/h1-5,16,21-25H,6-15,17-19H2,(H,30,34)/t22?,23?,24-,25+. The number of carbonyl (C=O) groups is 2. The molecule has 0 radical (unpaired) electrons. The van der Waals surface area contributed by atoms with Crippen molar-refractivity contribution in [2.24, 2.45) is 5.92 Å². The maximum absolute atomic E-state index is 13.6. The van der Waals surface area contributed by atoms with E-state index < -0.39 is 10.0 Å². The first-order chi connectivity index (χ1) is 19.9. The first-order valence-electron chi connectivity index (χ1n) is 14.7. The van der Waals surface area contributed by atoms with Crippen molar-refractivity contribution in [3.05, 3.63) is 53.4 Å². The number of amides is 2. The smallest absolute Gasteiger partial charge is 0.410 e. The average Bonchev–Trinajstić information content (AvgIpc) is 3.73. The normalized spacial score (nSPS) is 27.2. The van der Waals surface area contributed by atoms with Crippen molar-refractivity contribution < 1.29 is 32.0 Å². The summed E-state index contributed by atoms with van der Waals surface area (Å²) in [6.45, 7) is 2.47.